The molecule has 0 saturated carbocycles. The molecule has 2 aromatic heterocycles. The molecule has 1 amide bonds. The zero-order valence-corrected chi connectivity index (χ0v) is 19.8. The summed E-state index contributed by atoms with van der Waals surface area (Å²) < 4.78 is 40.3. The van der Waals surface area contributed by atoms with Crippen LogP contribution in [0.25, 0.3) is 11.1 Å². The highest BCUT2D eigenvalue weighted by Crippen LogP contribution is 2.30. The minimum atomic E-state index is -4.37. The van der Waals surface area contributed by atoms with Crippen LogP contribution in [0.4, 0.5) is 19.0 Å². The van der Waals surface area contributed by atoms with E-state index in [9.17, 15) is 18.0 Å². The van der Waals surface area contributed by atoms with Crippen LogP contribution in [0.2, 0.25) is 0 Å². The van der Waals surface area contributed by atoms with Crippen LogP contribution in [0.15, 0.2) is 85.3 Å². The Bertz CT molecular complexity index is 1290. The zero-order chi connectivity index (χ0) is 25.7. The zero-order valence-electron chi connectivity index (χ0n) is 19.8. The number of alkyl halides is 3. The Labute approximate surface area is 207 Å². The largest absolute Gasteiger partial charge is 0.416 e. The van der Waals surface area contributed by atoms with E-state index in [2.05, 4.69) is 20.7 Å². The Balaban J connectivity index is 1.45. The molecule has 186 valence electrons. The van der Waals surface area contributed by atoms with Crippen LogP contribution in [-0.4, -0.2) is 27.2 Å². The van der Waals surface area contributed by atoms with Crippen molar-refractivity contribution in [1.82, 2.24) is 20.1 Å². The second kappa shape index (κ2) is 10.7. The van der Waals surface area contributed by atoms with Gasteiger partial charge in [-0.25, -0.2) is 4.98 Å². The molecule has 0 spiro atoms. The number of carbonyl (C=O) groups is 1. The maximum Gasteiger partial charge on any atom is 0.416 e. The summed E-state index contributed by atoms with van der Waals surface area (Å²) in [5.41, 5.74) is 2.63. The lowest BCUT2D eigenvalue weighted by Gasteiger charge is -2.21. The fourth-order valence-electron chi connectivity index (χ4n) is 3.83. The smallest absolute Gasteiger partial charge is 0.309 e. The molecule has 36 heavy (non-hydrogen) atoms. The second-order valence-electron chi connectivity index (χ2n) is 8.60. The first-order valence-electron chi connectivity index (χ1n) is 11.4. The Morgan fingerprint density at radius 2 is 1.67 bits per heavy atom. The monoisotopic (exact) mass is 493 g/mol. The number of halogens is 3. The van der Waals surface area contributed by atoms with Crippen LogP contribution in [0.3, 0.4) is 0 Å². The van der Waals surface area contributed by atoms with Crippen molar-refractivity contribution in [3.8, 4) is 11.1 Å². The van der Waals surface area contributed by atoms with Crippen molar-refractivity contribution in [2.75, 3.05) is 11.9 Å². The van der Waals surface area contributed by atoms with Gasteiger partial charge in [-0.2, -0.15) is 18.3 Å². The molecule has 4 aromatic rings. The molecule has 9 heteroatoms. The van der Waals surface area contributed by atoms with Crippen LogP contribution in [0.5, 0.6) is 0 Å². The highest BCUT2D eigenvalue weighted by Gasteiger charge is 2.30. The quantitative estimate of drug-likeness (QED) is 0.337. The van der Waals surface area contributed by atoms with Gasteiger partial charge in [-0.05, 0) is 41.3 Å². The van der Waals surface area contributed by atoms with Crippen molar-refractivity contribution in [3.63, 3.8) is 0 Å². The van der Waals surface area contributed by atoms with Gasteiger partial charge in [0.05, 0.1) is 11.8 Å². The summed E-state index contributed by atoms with van der Waals surface area (Å²) in [4.78, 5) is 17.6. The van der Waals surface area contributed by atoms with E-state index in [1.54, 1.807) is 23.1 Å². The van der Waals surface area contributed by atoms with E-state index in [1.165, 1.54) is 12.1 Å². The van der Waals surface area contributed by atoms with Gasteiger partial charge in [-0.1, -0.05) is 49.4 Å². The number of aryl methyl sites for hydroxylation is 1. The number of nitrogens with zero attached hydrogens (tertiary/aromatic N) is 3. The molecule has 2 N–H and O–H groups in total. The van der Waals surface area contributed by atoms with Crippen LogP contribution >= 0.6 is 0 Å². The lowest BCUT2D eigenvalue weighted by molar-refractivity contribution is -0.137. The molecule has 2 aromatic carbocycles. The van der Waals surface area contributed by atoms with Crippen molar-refractivity contribution in [3.05, 3.63) is 102 Å². The highest BCUT2D eigenvalue weighted by molar-refractivity contribution is 5.95. The van der Waals surface area contributed by atoms with Crippen molar-refractivity contribution in [2.24, 2.45) is 7.05 Å². The van der Waals surface area contributed by atoms with Crippen molar-refractivity contribution in [1.29, 1.82) is 0 Å². The summed E-state index contributed by atoms with van der Waals surface area (Å²) in [5.74, 6) is -0.00297. The number of benzene rings is 2. The maximum absolute atomic E-state index is 13.2. The maximum atomic E-state index is 13.2. The van der Waals surface area contributed by atoms with Gasteiger partial charge in [0.15, 0.2) is 0 Å². The van der Waals surface area contributed by atoms with Gasteiger partial charge in [0.25, 0.3) is 0 Å². The average Bonchev–Trinajstić information content (AvgIpc) is 3.31. The molecule has 0 aliphatic rings. The van der Waals surface area contributed by atoms with Gasteiger partial charge in [0, 0.05) is 37.1 Å². The van der Waals surface area contributed by atoms with E-state index in [-0.39, 0.29) is 11.8 Å². The van der Waals surface area contributed by atoms with Crippen molar-refractivity contribution in [2.45, 2.75) is 25.1 Å². The van der Waals surface area contributed by atoms with Crippen LogP contribution in [0.1, 0.15) is 35.6 Å². The highest BCUT2D eigenvalue weighted by atomic mass is 19.4. The number of pyridine rings is 1. The first-order chi connectivity index (χ1) is 17.2. The summed E-state index contributed by atoms with van der Waals surface area (Å²) in [6, 6.07) is 17.3. The van der Waals surface area contributed by atoms with Crippen LogP contribution < -0.4 is 10.6 Å². The van der Waals surface area contributed by atoms with E-state index < -0.39 is 17.8 Å². The van der Waals surface area contributed by atoms with Gasteiger partial charge < -0.3 is 10.6 Å². The molecule has 6 nitrogen and oxygen atoms in total. The van der Waals surface area contributed by atoms with Crippen molar-refractivity contribution >= 4 is 11.7 Å². The fraction of sp³-hybridized carbons (Fsp3) is 0.222. The molecular weight excluding hydrogens is 467 g/mol. The fourth-order valence-corrected chi connectivity index (χ4v) is 3.83. The predicted octanol–water partition coefficient (Wildman–Crippen LogP) is 5.57. The van der Waals surface area contributed by atoms with Gasteiger partial charge in [0.2, 0.25) is 5.91 Å². The van der Waals surface area contributed by atoms with E-state index in [4.69, 9.17) is 0 Å². The molecule has 0 aliphatic heterocycles. The molecule has 0 aliphatic carbocycles. The molecule has 0 fully saturated rings. The molecular formula is C27H26F3N5O. The summed E-state index contributed by atoms with van der Waals surface area (Å²) in [5, 5.41) is 10.3. The third-order valence-corrected chi connectivity index (χ3v) is 5.88. The molecule has 0 saturated heterocycles. The van der Waals surface area contributed by atoms with Crippen LogP contribution in [0, 0.1) is 0 Å². The van der Waals surface area contributed by atoms with Gasteiger partial charge in [-0.3, -0.25) is 9.48 Å². The molecule has 0 radical (unpaired) electrons. The number of aromatic nitrogens is 3. The standard InChI is InChI=1S/C27H26F3N5O/c1-18(19-8-11-23(12-9-19)27(28,29)30)14-32-25(20-6-4-3-5-7-20)26(36)34-24-13-10-21(15-31-24)22-16-33-35(2)17-22/h3-13,15-18,25,32H,14H2,1-2H3,(H,31,34,36)/t18-,25-/m1/s1. The minimum absolute atomic E-state index is 0.122. The van der Waals surface area contributed by atoms with Gasteiger partial charge in [0.1, 0.15) is 11.9 Å². The number of hydrogen-bond acceptors (Lipinski definition) is 4. The lowest BCUT2D eigenvalue weighted by Crippen LogP contribution is -2.35. The Morgan fingerprint density at radius 3 is 2.25 bits per heavy atom. The second-order valence-corrected chi connectivity index (χ2v) is 8.60. The number of rotatable bonds is 8. The first kappa shape index (κ1) is 25.1. The molecule has 0 bridgehead atoms. The van der Waals surface area contributed by atoms with E-state index in [1.807, 2.05) is 56.6 Å². The number of hydrogen-bond donors (Lipinski definition) is 2. The summed E-state index contributed by atoms with van der Waals surface area (Å²) >= 11 is 0. The molecule has 2 heterocycles. The summed E-state index contributed by atoms with van der Waals surface area (Å²) in [7, 11) is 1.83. The minimum Gasteiger partial charge on any atom is -0.309 e. The summed E-state index contributed by atoms with van der Waals surface area (Å²) in [6.45, 7) is 2.28. The topological polar surface area (TPSA) is 71.8 Å². The van der Waals surface area contributed by atoms with E-state index in [0.717, 1.165) is 34.4 Å². The number of amides is 1. The first-order valence-corrected chi connectivity index (χ1v) is 11.4. The SMILES string of the molecule is C[C@H](CN[C@@H](C(=O)Nc1ccc(-c2cnn(C)c2)cn1)c1ccccc1)c1ccc(C(F)(F)F)cc1. The lowest BCUT2D eigenvalue weighted by atomic mass is 9.98. The Morgan fingerprint density at radius 1 is 0.944 bits per heavy atom. The normalized spacial score (nSPS) is 13.2. The Kier molecular flexibility index (Phi) is 7.49. The van der Waals surface area contributed by atoms with Gasteiger partial charge in [-0.15, -0.1) is 0 Å². The number of anilines is 1. The average molecular weight is 494 g/mol. The van der Waals surface area contributed by atoms with E-state index in [0.29, 0.717) is 12.4 Å². The molecule has 0 unspecified atom stereocenters. The van der Waals surface area contributed by atoms with Gasteiger partial charge >= 0.3 is 6.18 Å². The van der Waals surface area contributed by atoms with Crippen LogP contribution in [-0.2, 0) is 18.0 Å². The summed E-state index contributed by atoms with van der Waals surface area (Å²) in [6.07, 6.45) is 0.913. The number of nitrogens with one attached hydrogen (secondary N) is 2. The predicted molar refractivity (Wildman–Crippen MR) is 132 cm³/mol. The number of carbonyl (C=O) groups excluding carboxylic acids is 1. The molecule has 2 atom stereocenters. The van der Waals surface area contributed by atoms with E-state index >= 15 is 0 Å². The van der Waals surface area contributed by atoms with Crippen molar-refractivity contribution < 1.29 is 18.0 Å². The third-order valence-electron chi connectivity index (χ3n) is 5.88. The Hall–Kier alpha value is -3.98. The molecule has 4 rings (SSSR count). The third kappa shape index (κ3) is 6.17.